The van der Waals surface area contributed by atoms with E-state index in [-0.39, 0.29) is 29.6 Å². The normalized spacial score (nSPS) is 20.4. The summed E-state index contributed by atoms with van der Waals surface area (Å²) >= 11 is 0. The lowest BCUT2D eigenvalue weighted by molar-refractivity contribution is -0.124. The van der Waals surface area contributed by atoms with Crippen LogP contribution in [0.4, 0.5) is 9.18 Å². The summed E-state index contributed by atoms with van der Waals surface area (Å²) in [6, 6.07) is 6.10. The van der Waals surface area contributed by atoms with Crippen LogP contribution in [0.3, 0.4) is 0 Å². The van der Waals surface area contributed by atoms with Gasteiger partial charge in [-0.3, -0.25) is 4.79 Å². The summed E-state index contributed by atoms with van der Waals surface area (Å²) in [4.78, 5) is 26.2. The van der Waals surface area contributed by atoms with Crippen LogP contribution >= 0.6 is 0 Å². The molecule has 6 heteroatoms. The number of hydrogen-bond acceptors (Lipinski definition) is 2. The second-order valence-electron chi connectivity index (χ2n) is 5.80. The molecule has 0 radical (unpaired) electrons. The number of amides is 3. The fraction of sp³-hybridized carbons (Fsp3) is 0.529. The lowest BCUT2D eigenvalue weighted by atomic mass is 9.88. The van der Waals surface area contributed by atoms with Crippen LogP contribution in [0.5, 0.6) is 0 Å². The molecule has 2 rings (SSSR count). The van der Waals surface area contributed by atoms with E-state index in [1.165, 1.54) is 12.1 Å². The lowest BCUT2D eigenvalue weighted by Gasteiger charge is -2.18. The van der Waals surface area contributed by atoms with E-state index in [4.69, 9.17) is 0 Å². The Morgan fingerprint density at radius 2 is 2.04 bits per heavy atom. The Morgan fingerprint density at radius 1 is 1.26 bits per heavy atom. The third-order valence-corrected chi connectivity index (χ3v) is 4.10. The summed E-state index contributed by atoms with van der Waals surface area (Å²) in [5.74, 6) is -0.948. The van der Waals surface area contributed by atoms with Crippen LogP contribution in [0, 0.1) is 11.7 Å². The molecule has 0 spiro atoms. The molecule has 0 unspecified atom stereocenters. The van der Waals surface area contributed by atoms with Crippen LogP contribution in [-0.2, 0) is 4.79 Å². The fourth-order valence-corrected chi connectivity index (χ4v) is 2.95. The maximum absolute atomic E-state index is 13.5. The number of urea groups is 1. The largest absolute Gasteiger partial charge is 0.356 e. The maximum atomic E-state index is 13.5. The Hall–Kier alpha value is -2.11. The number of likely N-dealkylation sites (tertiary alicyclic amines) is 1. The molecule has 1 aromatic rings. The van der Waals surface area contributed by atoms with Gasteiger partial charge in [0.2, 0.25) is 5.91 Å². The van der Waals surface area contributed by atoms with E-state index in [1.807, 2.05) is 19.9 Å². The smallest absolute Gasteiger partial charge is 0.317 e. The van der Waals surface area contributed by atoms with Gasteiger partial charge in [-0.15, -0.1) is 0 Å². The van der Waals surface area contributed by atoms with Gasteiger partial charge in [0.15, 0.2) is 0 Å². The number of rotatable bonds is 5. The second-order valence-corrected chi connectivity index (χ2v) is 5.80. The minimum absolute atomic E-state index is 0.0760. The molecular weight excluding hydrogens is 297 g/mol. The molecule has 1 saturated heterocycles. The third-order valence-electron chi connectivity index (χ3n) is 4.10. The van der Waals surface area contributed by atoms with Gasteiger partial charge in [-0.25, -0.2) is 9.18 Å². The maximum Gasteiger partial charge on any atom is 0.317 e. The SMILES string of the molecule is CCCNC(=O)[C@H]1CN(C(=O)NCC)C[C@H]1c1cccc(F)c1. The van der Waals surface area contributed by atoms with Gasteiger partial charge in [0.05, 0.1) is 5.92 Å². The average Bonchev–Trinajstić information content (AvgIpc) is 2.98. The number of nitrogens with one attached hydrogen (secondary N) is 2. The molecule has 1 heterocycles. The van der Waals surface area contributed by atoms with Gasteiger partial charge < -0.3 is 15.5 Å². The first-order chi connectivity index (χ1) is 11.1. The Morgan fingerprint density at radius 3 is 2.70 bits per heavy atom. The van der Waals surface area contributed by atoms with Gasteiger partial charge in [0, 0.05) is 32.1 Å². The Kier molecular flexibility index (Phi) is 5.96. The van der Waals surface area contributed by atoms with Crippen LogP contribution in [0.25, 0.3) is 0 Å². The number of nitrogens with zero attached hydrogens (tertiary/aromatic N) is 1. The van der Waals surface area contributed by atoms with Gasteiger partial charge in [-0.1, -0.05) is 19.1 Å². The summed E-state index contributed by atoms with van der Waals surface area (Å²) in [5, 5.41) is 5.64. The van der Waals surface area contributed by atoms with Crippen molar-refractivity contribution < 1.29 is 14.0 Å². The molecule has 126 valence electrons. The zero-order chi connectivity index (χ0) is 16.8. The van der Waals surface area contributed by atoms with Crippen molar-refractivity contribution in [1.82, 2.24) is 15.5 Å². The summed E-state index contributed by atoms with van der Waals surface area (Å²) in [6.07, 6.45) is 0.850. The zero-order valence-corrected chi connectivity index (χ0v) is 13.6. The van der Waals surface area contributed by atoms with Crippen molar-refractivity contribution in [1.29, 1.82) is 0 Å². The molecule has 0 bridgehead atoms. The van der Waals surface area contributed by atoms with Gasteiger partial charge >= 0.3 is 6.03 Å². The molecule has 5 nitrogen and oxygen atoms in total. The molecule has 1 fully saturated rings. The number of hydrogen-bond donors (Lipinski definition) is 2. The zero-order valence-electron chi connectivity index (χ0n) is 13.6. The standard InChI is InChI=1S/C17H24FN3O2/c1-3-8-20-16(22)15-11-21(17(23)19-4-2)10-14(15)12-6-5-7-13(18)9-12/h5-7,9,14-15H,3-4,8,10-11H2,1-2H3,(H,19,23)(H,20,22)/t14-,15-/m0/s1. The van der Waals surface area contributed by atoms with E-state index < -0.39 is 0 Å². The fourth-order valence-electron chi connectivity index (χ4n) is 2.95. The number of benzene rings is 1. The first-order valence-electron chi connectivity index (χ1n) is 8.12. The first-order valence-corrected chi connectivity index (χ1v) is 8.12. The molecule has 0 aromatic heterocycles. The first kappa shape index (κ1) is 17.2. The van der Waals surface area contributed by atoms with Crippen LogP contribution < -0.4 is 10.6 Å². The number of halogens is 1. The molecule has 2 N–H and O–H groups in total. The van der Waals surface area contributed by atoms with Crippen LogP contribution in [0.2, 0.25) is 0 Å². The molecule has 1 aliphatic rings. The number of carbonyl (C=O) groups is 2. The van der Waals surface area contributed by atoms with Gasteiger partial charge in [0.1, 0.15) is 5.82 Å². The summed E-state index contributed by atoms with van der Waals surface area (Å²) in [5.41, 5.74) is 0.758. The van der Waals surface area contributed by atoms with Crippen LogP contribution in [-0.4, -0.2) is 43.0 Å². The minimum Gasteiger partial charge on any atom is -0.356 e. The average molecular weight is 321 g/mol. The minimum atomic E-state index is -0.356. The molecule has 3 amide bonds. The highest BCUT2D eigenvalue weighted by atomic mass is 19.1. The van der Waals surface area contributed by atoms with Crippen LogP contribution in [0.15, 0.2) is 24.3 Å². The molecule has 23 heavy (non-hydrogen) atoms. The van der Waals surface area contributed by atoms with Gasteiger partial charge in [-0.05, 0) is 31.0 Å². The summed E-state index contributed by atoms with van der Waals surface area (Å²) in [7, 11) is 0. The molecule has 0 aliphatic carbocycles. The van der Waals surface area contributed by atoms with Crippen molar-refractivity contribution in [2.45, 2.75) is 26.2 Å². The van der Waals surface area contributed by atoms with E-state index in [9.17, 15) is 14.0 Å². The van der Waals surface area contributed by atoms with Crippen molar-refractivity contribution in [3.8, 4) is 0 Å². The molecule has 0 saturated carbocycles. The molecule has 2 atom stereocenters. The molecule has 1 aromatic carbocycles. The highest BCUT2D eigenvalue weighted by Crippen LogP contribution is 2.33. The van der Waals surface area contributed by atoms with E-state index in [2.05, 4.69) is 10.6 Å². The predicted octanol–water partition coefficient (Wildman–Crippen LogP) is 2.10. The second kappa shape index (κ2) is 7.94. The van der Waals surface area contributed by atoms with Crippen molar-refractivity contribution in [2.75, 3.05) is 26.2 Å². The van der Waals surface area contributed by atoms with Crippen LogP contribution in [0.1, 0.15) is 31.7 Å². The number of carbonyl (C=O) groups excluding carboxylic acids is 2. The Bertz CT molecular complexity index is 565. The van der Waals surface area contributed by atoms with Crippen molar-refractivity contribution in [3.05, 3.63) is 35.6 Å². The monoisotopic (exact) mass is 321 g/mol. The third kappa shape index (κ3) is 4.21. The Balaban J connectivity index is 2.20. The van der Waals surface area contributed by atoms with E-state index in [1.54, 1.807) is 11.0 Å². The topological polar surface area (TPSA) is 61.4 Å². The van der Waals surface area contributed by atoms with Gasteiger partial charge in [-0.2, -0.15) is 0 Å². The predicted molar refractivity (Wildman–Crippen MR) is 86.6 cm³/mol. The van der Waals surface area contributed by atoms with Gasteiger partial charge in [0.25, 0.3) is 0 Å². The van der Waals surface area contributed by atoms with E-state index in [0.29, 0.717) is 26.2 Å². The lowest BCUT2D eigenvalue weighted by Crippen LogP contribution is -2.40. The quantitative estimate of drug-likeness (QED) is 0.872. The van der Waals surface area contributed by atoms with E-state index in [0.717, 1.165) is 12.0 Å². The summed E-state index contributed by atoms with van der Waals surface area (Å²) < 4.78 is 13.5. The van der Waals surface area contributed by atoms with Crippen molar-refractivity contribution in [2.24, 2.45) is 5.92 Å². The Labute approximate surface area is 136 Å². The highest BCUT2D eigenvalue weighted by molar-refractivity contribution is 5.82. The highest BCUT2D eigenvalue weighted by Gasteiger charge is 2.40. The van der Waals surface area contributed by atoms with Crippen molar-refractivity contribution >= 4 is 11.9 Å². The molecule has 1 aliphatic heterocycles. The van der Waals surface area contributed by atoms with E-state index >= 15 is 0 Å². The molecular formula is C17H24FN3O2. The summed E-state index contributed by atoms with van der Waals surface area (Å²) in [6.45, 7) is 5.74. The van der Waals surface area contributed by atoms with Crippen molar-refractivity contribution in [3.63, 3.8) is 0 Å².